The van der Waals surface area contributed by atoms with Gasteiger partial charge in [0.15, 0.2) is 0 Å². The Hall–Kier alpha value is -2.34. The summed E-state index contributed by atoms with van der Waals surface area (Å²) in [6.07, 6.45) is 0.0915. The van der Waals surface area contributed by atoms with E-state index in [4.69, 9.17) is 4.74 Å². The summed E-state index contributed by atoms with van der Waals surface area (Å²) in [6, 6.07) is 9.98. The van der Waals surface area contributed by atoms with Gasteiger partial charge in [-0.05, 0) is 32.9 Å². The molecule has 0 saturated carbocycles. The molecule has 1 atom stereocenters. The second kappa shape index (κ2) is 7.05. The van der Waals surface area contributed by atoms with Gasteiger partial charge in [-0.25, -0.2) is 9.48 Å². The fourth-order valence-corrected chi connectivity index (χ4v) is 3.03. The lowest BCUT2D eigenvalue weighted by Gasteiger charge is -2.31. The Kier molecular flexibility index (Phi) is 4.85. The van der Waals surface area contributed by atoms with Gasteiger partial charge in [-0.15, -0.1) is 0 Å². The topological polar surface area (TPSA) is 59.4 Å². The Bertz CT molecular complexity index is 711. The molecule has 6 nitrogen and oxygen atoms in total. The van der Waals surface area contributed by atoms with Crippen LogP contribution in [0.15, 0.2) is 30.3 Å². The van der Waals surface area contributed by atoms with E-state index in [1.165, 1.54) is 0 Å². The first-order valence-electron chi connectivity index (χ1n) is 8.31. The molecule has 2 heterocycles. The summed E-state index contributed by atoms with van der Waals surface area (Å²) in [7, 11) is 0. The van der Waals surface area contributed by atoms with Crippen molar-refractivity contribution < 1.29 is 9.53 Å². The van der Waals surface area contributed by atoms with Gasteiger partial charge < -0.3 is 15.0 Å². The van der Waals surface area contributed by atoms with E-state index >= 15 is 0 Å². The number of carbonyl (C=O) groups is 1. The second-order valence-electron chi connectivity index (χ2n) is 6.18. The minimum atomic E-state index is -0.0450. The summed E-state index contributed by atoms with van der Waals surface area (Å²) in [4.78, 5) is 14.2. The first-order valence-corrected chi connectivity index (χ1v) is 8.31. The van der Waals surface area contributed by atoms with Crippen LogP contribution >= 0.6 is 0 Å². The molecule has 0 aliphatic carbocycles. The van der Waals surface area contributed by atoms with Crippen LogP contribution in [0.2, 0.25) is 0 Å². The minimum Gasteiger partial charge on any atom is -0.375 e. The average molecular weight is 328 g/mol. The molecule has 2 amide bonds. The quantitative estimate of drug-likeness (QED) is 0.941. The number of rotatable bonds is 3. The van der Waals surface area contributed by atoms with Gasteiger partial charge >= 0.3 is 6.03 Å². The van der Waals surface area contributed by atoms with E-state index in [1.54, 1.807) is 4.90 Å². The predicted molar refractivity (Wildman–Crippen MR) is 92.3 cm³/mol. The van der Waals surface area contributed by atoms with Crippen molar-refractivity contribution in [3.05, 3.63) is 47.3 Å². The lowest BCUT2D eigenvalue weighted by atomic mass is 10.2. The van der Waals surface area contributed by atoms with Crippen molar-refractivity contribution in [1.82, 2.24) is 20.0 Å². The highest BCUT2D eigenvalue weighted by molar-refractivity contribution is 5.74. The number of aromatic nitrogens is 2. The van der Waals surface area contributed by atoms with Crippen LogP contribution in [0.4, 0.5) is 4.79 Å². The highest BCUT2D eigenvalue weighted by Gasteiger charge is 2.22. The molecular weight excluding hydrogens is 304 g/mol. The van der Waals surface area contributed by atoms with E-state index in [-0.39, 0.29) is 12.1 Å². The molecule has 2 aromatic rings. The molecule has 1 aromatic carbocycles. The lowest BCUT2D eigenvalue weighted by Crippen LogP contribution is -2.48. The Morgan fingerprint density at radius 3 is 2.79 bits per heavy atom. The number of hydrogen-bond donors (Lipinski definition) is 1. The molecule has 1 aliphatic heterocycles. The van der Waals surface area contributed by atoms with Gasteiger partial charge in [-0.2, -0.15) is 5.10 Å². The summed E-state index contributed by atoms with van der Waals surface area (Å²) >= 11 is 0. The van der Waals surface area contributed by atoms with Crippen LogP contribution in [0.5, 0.6) is 0 Å². The molecule has 3 rings (SSSR count). The van der Waals surface area contributed by atoms with E-state index in [9.17, 15) is 4.79 Å². The first kappa shape index (κ1) is 16.5. The van der Waals surface area contributed by atoms with Crippen molar-refractivity contribution in [1.29, 1.82) is 0 Å². The predicted octanol–water partition coefficient (Wildman–Crippen LogP) is 2.42. The third-order valence-corrected chi connectivity index (χ3v) is 4.39. The molecule has 1 aliphatic rings. The number of urea groups is 1. The van der Waals surface area contributed by atoms with Gasteiger partial charge in [-0.3, -0.25) is 0 Å². The van der Waals surface area contributed by atoms with Crippen LogP contribution in [0.3, 0.4) is 0 Å². The first-order chi connectivity index (χ1) is 11.6. The Balaban J connectivity index is 1.69. The number of benzene rings is 1. The van der Waals surface area contributed by atoms with Crippen molar-refractivity contribution in [2.24, 2.45) is 0 Å². The Labute approximate surface area is 142 Å². The zero-order chi connectivity index (χ0) is 17.1. The molecule has 6 heteroatoms. The third-order valence-electron chi connectivity index (χ3n) is 4.39. The van der Waals surface area contributed by atoms with Crippen molar-refractivity contribution >= 4 is 6.03 Å². The van der Waals surface area contributed by atoms with Crippen molar-refractivity contribution in [3.8, 4) is 5.69 Å². The van der Waals surface area contributed by atoms with Crippen LogP contribution < -0.4 is 5.32 Å². The number of morpholine rings is 1. The highest BCUT2D eigenvalue weighted by Crippen LogP contribution is 2.17. The SMILES string of the molecule is Cc1nn(-c2ccccc2)c(C)c1CNC(=O)N1CCO[C@@H](C)C1. The second-order valence-corrected chi connectivity index (χ2v) is 6.18. The molecule has 0 radical (unpaired) electrons. The summed E-state index contributed by atoms with van der Waals surface area (Å²) in [6.45, 7) is 8.34. The maximum Gasteiger partial charge on any atom is 0.317 e. The summed E-state index contributed by atoms with van der Waals surface area (Å²) in [5, 5.41) is 7.63. The lowest BCUT2D eigenvalue weighted by molar-refractivity contribution is -0.00352. The fourth-order valence-electron chi connectivity index (χ4n) is 3.03. The molecule has 24 heavy (non-hydrogen) atoms. The highest BCUT2D eigenvalue weighted by atomic mass is 16.5. The molecule has 0 bridgehead atoms. The van der Waals surface area contributed by atoms with Crippen LogP contribution in [0.1, 0.15) is 23.9 Å². The molecule has 0 unspecified atom stereocenters. The maximum atomic E-state index is 12.3. The molecule has 1 N–H and O–H groups in total. The monoisotopic (exact) mass is 328 g/mol. The summed E-state index contributed by atoms with van der Waals surface area (Å²) in [5.74, 6) is 0. The van der Waals surface area contributed by atoms with Crippen LogP contribution in [0.25, 0.3) is 5.69 Å². The number of nitrogens with zero attached hydrogens (tertiary/aromatic N) is 3. The molecule has 0 spiro atoms. The standard InChI is InChI=1S/C18H24N4O2/c1-13-12-21(9-10-24-13)18(23)19-11-17-14(2)20-22(15(17)3)16-7-5-4-6-8-16/h4-8,13H,9-12H2,1-3H3,(H,19,23)/t13-/m0/s1. The van der Waals surface area contributed by atoms with E-state index in [1.807, 2.05) is 55.8 Å². The van der Waals surface area contributed by atoms with Crippen molar-refractivity contribution in [3.63, 3.8) is 0 Å². The van der Waals surface area contributed by atoms with E-state index in [0.717, 1.165) is 22.6 Å². The molecule has 1 aromatic heterocycles. The number of amides is 2. The molecule has 1 fully saturated rings. The van der Waals surface area contributed by atoms with Crippen LogP contribution in [-0.4, -0.2) is 46.5 Å². The fraction of sp³-hybridized carbons (Fsp3) is 0.444. The Morgan fingerprint density at radius 2 is 2.08 bits per heavy atom. The largest absolute Gasteiger partial charge is 0.375 e. The normalized spacial score (nSPS) is 17.8. The van der Waals surface area contributed by atoms with E-state index < -0.39 is 0 Å². The smallest absolute Gasteiger partial charge is 0.317 e. The van der Waals surface area contributed by atoms with Gasteiger partial charge in [0.25, 0.3) is 0 Å². The number of ether oxygens (including phenoxy) is 1. The van der Waals surface area contributed by atoms with Gasteiger partial charge in [0.1, 0.15) is 0 Å². The maximum absolute atomic E-state index is 12.3. The van der Waals surface area contributed by atoms with Crippen molar-refractivity contribution in [2.45, 2.75) is 33.4 Å². The van der Waals surface area contributed by atoms with Gasteiger partial charge in [-0.1, -0.05) is 18.2 Å². The summed E-state index contributed by atoms with van der Waals surface area (Å²) < 4.78 is 7.40. The van der Waals surface area contributed by atoms with Gasteiger partial charge in [0.05, 0.1) is 24.1 Å². The third kappa shape index (κ3) is 3.43. The van der Waals surface area contributed by atoms with Crippen LogP contribution in [-0.2, 0) is 11.3 Å². The number of aryl methyl sites for hydroxylation is 1. The molecule has 1 saturated heterocycles. The molecular formula is C18H24N4O2. The average Bonchev–Trinajstić information content (AvgIpc) is 2.88. The van der Waals surface area contributed by atoms with Gasteiger partial charge in [0, 0.05) is 30.9 Å². The minimum absolute atomic E-state index is 0.0450. The van der Waals surface area contributed by atoms with Gasteiger partial charge in [0.2, 0.25) is 0 Å². The molecule has 128 valence electrons. The summed E-state index contributed by atoms with van der Waals surface area (Å²) in [5.41, 5.74) is 4.08. The van der Waals surface area contributed by atoms with Crippen molar-refractivity contribution in [2.75, 3.05) is 19.7 Å². The zero-order valence-electron chi connectivity index (χ0n) is 14.5. The number of hydrogen-bond acceptors (Lipinski definition) is 3. The zero-order valence-corrected chi connectivity index (χ0v) is 14.5. The van der Waals surface area contributed by atoms with E-state index in [2.05, 4.69) is 10.4 Å². The number of para-hydroxylation sites is 1. The van der Waals surface area contributed by atoms with Crippen LogP contribution in [0, 0.1) is 13.8 Å². The number of nitrogens with one attached hydrogen (secondary N) is 1. The number of carbonyl (C=O) groups excluding carboxylic acids is 1. The Morgan fingerprint density at radius 1 is 1.33 bits per heavy atom. The van der Waals surface area contributed by atoms with E-state index in [0.29, 0.717) is 26.2 Å².